The predicted octanol–water partition coefficient (Wildman–Crippen LogP) is 2.90. The van der Waals surface area contributed by atoms with Crippen LogP contribution in [0, 0.1) is 16.7 Å². The summed E-state index contributed by atoms with van der Waals surface area (Å²) in [6, 6.07) is 0. The summed E-state index contributed by atoms with van der Waals surface area (Å²) in [5.74, 6) is 0.0402. The summed E-state index contributed by atoms with van der Waals surface area (Å²) in [7, 11) is 0. The van der Waals surface area contributed by atoms with Crippen molar-refractivity contribution in [1.82, 2.24) is 0 Å². The second-order valence-corrected chi connectivity index (χ2v) is 7.57. The fraction of sp³-hybridized carbons (Fsp3) is 0.938. The molecule has 0 aromatic heterocycles. The van der Waals surface area contributed by atoms with Crippen molar-refractivity contribution in [3.05, 3.63) is 0 Å². The van der Waals surface area contributed by atoms with Gasteiger partial charge in [0.05, 0.1) is 26.2 Å². The van der Waals surface area contributed by atoms with Gasteiger partial charge in [-0.1, -0.05) is 13.8 Å². The van der Waals surface area contributed by atoms with Gasteiger partial charge >= 0.3 is 5.97 Å². The van der Waals surface area contributed by atoms with Crippen LogP contribution in [0.25, 0.3) is 0 Å². The van der Waals surface area contributed by atoms with Crippen molar-refractivity contribution in [2.24, 2.45) is 16.7 Å². The maximum atomic E-state index is 12.0. The number of hydrogen-bond donors (Lipinski definition) is 0. The van der Waals surface area contributed by atoms with Gasteiger partial charge in [0.2, 0.25) is 0 Å². The lowest BCUT2D eigenvalue weighted by Gasteiger charge is -2.31. The molecule has 20 heavy (non-hydrogen) atoms. The van der Waals surface area contributed by atoms with Crippen LogP contribution in [0.2, 0.25) is 0 Å². The first-order valence-electron chi connectivity index (χ1n) is 7.82. The summed E-state index contributed by atoms with van der Waals surface area (Å²) in [6.07, 6.45) is 4.53. The molecule has 0 aromatic rings. The van der Waals surface area contributed by atoms with Gasteiger partial charge in [0.1, 0.15) is 0 Å². The second kappa shape index (κ2) is 4.70. The number of ether oxygens (including phenoxy) is 3. The third-order valence-electron chi connectivity index (χ3n) is 5.29. The normalized spacial score (nSPS) is 37.2. The predicted molar refractivity (Wildman–Crippen MR) is 74.1 cm³/mol. The van der Waals surface area contributed by atoms with Crippen LogP contribution < -0.4 is 0 Å². The van der Waals surface area contributed by atoms with Gasteiger partial charge in [-0.05, 0) is 36.5 Å². The fourth-order valence-corrected chi connectivity index (χ4v) is 5.02. The molecule has 0 N–H and O–H groups in total. The zero-order valence-electron chi connectivity index (χ0n) is 12.9. The SMILES string of the molecule is CCOC(=O)C[C@@]12CC(C)(C)C[C@@H]1CC1(C2)OCCO1. The van der Waals surface area contributed by atoms with Gasteiger partial charge in [-0.2, -0.15) is 0 Å². The summed E-state index contributed by atoms with van der Waals surface area (Å²) >= 11 is 0. The number of fused-ring (bicyclic) bond motifs is 1. The average Bonchev–Trinajstić information content (AvgIpc) is 2.90. The summed E-state index contributed by atoms with van der Waals surface area (Å²) in [5, 5.41) is 0. The first kappa shape index (κ1) is 14.3. The first-order valence-corrected chi connectivity index (χ1v) is 7.82. The molecular formula is C16H26O4. The van der Waals surface area contributed by atoms with Crippen molar-refractivity contribution in [1.29, 1.82) is 0 Å². The highest BCUT2D eigenvalue weighted by Crippen LogP contribution is 2.66. The number of esters is 1. The third kappa shape index (κ3) is 2.37. The van der Waals surface area contributed by atoms with E-state index < -0.39 is 5.79 Å². The number of carbonyl (C=O) groups excluding carboxylic acids is 1. The van der Waals surface area contributed by atoms with Crippen molar-refractivity contribution in [3.8, 4) is 0 Å². The highest BCUT2D eigenvalue weighted by atomic mass is 16.7. The Morgan fingerprint density at radius 3 is 2.55 bits per heavy atom. The maximum Gasteiger partial charge on any atom is 0.306 e. The zero-order valence-corrected chi connectivity index (χ0v) is 12.9. The molecule has 0 bridgehead atoms. The Hall–Kier alpha value is -0.610. The van der Waals surface area contributed by atoms with Gasteiger partial charge in [-0.3, -0.25) is 4.79 Å². The standard InChI is InChI=1S/C16H26O4/c1-4-18-13(17)9-15-10-14(2,3)7-12(15)8-16(11-15)19-5-6-20-16/h12H,4-11H2,1-3H3/t12-,15+/m1/s1. The van der Waals surface area contributed by atoms with E-state index in [1.54, 1.807) is 0 Å². The fourth-order valence-electron chi connectivity index (χ4n) is 5.02. The molecule has 0 radical (unpaired) electrons. The summed E-state index contributed by atoms with van der Waals surface area (Å²) in [5.41, 5.74) is 0.317. The minimum atomic E-state index is -0.409. The van der Waals surface area contributed by atoms with Crippen LogP contribution in [0.1, 0.15) is 52.9 Å². The molecule has 3 aliphatic rings. The molecule has 1 saturated heterocycles. The largest absolute Gasteiger partial charge is 0.466 e. The summed E-state index contributed by atoms with van der Waals surface area (Å²) in [4.78, 5) is 12.0. The van der Waals surface area contributed by atoms with Crippen molar-refractivity contribution in [2.75, 3.05) is 19.8 Å². The minimum Gasteiger partial charge on any atom is -0.466 e. The Kier molecular flexibility index (Phi) is 3.37. The molecule has 0 amide bonds. The average molecular weight is 282 g/mol. The first-order chi connectivity index (χ1) is 9.39. The second-order valence-electron chi connectivity index (χ2n) is 7.57. The van der Waals surface area contributed by atoms with Gasteiger partial charge in [0, 0.05) is 12.8 Å². The molecular weight excluding hydrogens is 256 g/mol. The van der Waals surface area contributed by atoms with Crippen LogP contribution >= 0.6 is 0 Å². The lowest BCUT2D eigenvalue weighted by atomic mass is 9.75. The third-order valence-corrected chi connectivity index (χ3v) is 5.29. The van der Waals surface area contributed by atoms with Gasteiger partial charge in [-0.15, -0.1) is 0 Å². The minimum absolute atomic E-state index is 0.0140. The molecule has 2 aliphatic carbocycles. The molecule has 0 aromatic carbocycles. The van der Waals surface area contributed by atoms with E-state index in [1.165, 1.54) is 0 Å². The maximum absolute atomic E-state index is 12.0. The highest BCUT2D eigenvalue weighted by molar-refractivity contribution is 5.70. The van der Waals surface area contributed by atoms with Gasteiger partial charge in [0.25, 0.3) is 0 Å². The smallest absolute Gasteiger partial charge is 0.306 e. The van der Waals surface area contributed by atoms with E-state index in [4.69, 9.17) is 14.2 Å². The Bertz CT molecular complexity index is 397. The Labute approximate surface area is 121 Å². The highest BCUT2D eigenvalue weighted by Gasteiger charge is 2.63. The molecule has 4 heteroatoms. The quantitative estimate of drug-likeness (QED) is 0.747. The topological polar surface area (TPSA) is 44.8 Å². The molecule has 2 saturated carbocycles. The van der Waals surface area contributed by atoms with Gasteiger partial charge < -0.3 is 14.2 Å². The van der Waals surface area contributed by atoms with E-state index in [1.807, 2.05) is 6.92 Å². The van der Waals surface area contributed by atoms with Gasteiger partial charge in [-0.25, -0.2) is 0 Å². The lowest BCUT2D eigenvalue weighted by Crippen LogP contribution is -2.32. The molecule has 4 nitrogen and oxygen atoms in total. The molecule has 114 valence electrons. The molecule has 1 spiro atoms. The van der Waals surface area contributed by atoms with E-state index in [9.17, 15) is 4.79 Å². The summed E-state index contributed by atoms with van der Waals surface area (Å²) in [6.45, 7) is 8.31. The molecule has 3 fully saturated rings. The number of carbonyl (C=O) groups is 1. The molecule has 2 atom stereocenters. The molecule has 0 unspecified atom stereocenters. The zero-order chi connectivity index (χ0) is 14.4. The Morgan fingerprint density at radius 1 is 1.20 bits per heavy atom. The molecule has 1 aliphatic heterocycles. The number of rotatable bonds is 3. The Morgan fingerprint density at radius 2 is 1.90 bits per heavy atom. The number of hydrogen-bond acceptors (Lipinski definition) is 4. The van der Waals surface area contributed by atoms with Crippen LogP contribution in [0.4, 0.5) is 0 Å². The Balaban J connectivity index is 1.81. The van der Waals surface area contributed by atoms with Crippen LogP contribution in [0.15, 0.2) is 0 Å². The van der Waals surface area contributed by atoms with E-state index in [-0.39, 0.29) is 11.4 Å². The molecule has 3 rings (SSSR count). The lowest BCUT2D eigenvalue weighted by molar-refractivity contribution is -0.162. The van der Waals surface area contributed by atoms with E-state index in [0.29, 0.717) is 37.6 Å². The van der Waals surface area contributed by atoms with Crippen molar-refractivity contribution < 1.29 is 19.0 Å². The monoisotopic (exact) mass is 282 g/mol. The van der Waals surface area contributed by atoms with Crippen molar-refractivity contribution in [2.45, 2.75) is 58.7 Å². The molecule has 1 heterocycles. The van der Waals surface area contributed by atoms with Crippen molar-refractivity contribution >= 4 is 5.97 Å². The van der Waals surface area contributed by atoms with Crippen LogP contribution in [0.5, 0.6) is 0 Å². The van der Waals surface area contributed by atoms with E-state index >= 15 is 0 Å². The van der Waals surface area contributed by atoms with Crippen LogP contribution in [-0.2, 0) is 19.0 Å². The van der Waals surface area contributed by atoms with E-state index in [0.717, 1.165) is 25.7 Å². The van der Waals surface area contributed by atoms with Gasteiger partial charge in [0.15, 0.2) is 5.79 Å². The summed E-state index contributed by atoms with van der Waals surface area (Å²) < 4.78 is 17.0. The van der Waals surface area contributed by atoms with Crippen LogP contribution in [0.3, 0.4) is 0 Å². The van der Waals surface area contributed by atoms with E-state index in [2.05, 4.69) is 13.8 Å². The van der Waals surface area contributed by atoms with Crippen LogP contribution in [-0.4, -0.2) is 31.6 Å². The van der Waals surface area contributed by atoms with Crippen molar-refractivity contribution in [3.63, 3.8) is 0 Å².